The SMILES string of the molecule is Cc1cc(F)c(Br)cc1S(=O)(=O)N1CCCNCC1. The van der Waals surface area contributed by atoms with E-state index in [1.54, 1.807) is 6.92 Å². The van der Waals surface area contributed by atoms with Crippen molar-refractivity contribution in [3.63, 3.8) is 0 Å². The Bertz CT molecular complexity index is 569. The van der Waals surface area contributed by atoms with Crippen LogP contribution in [-0.2, 0) is 10.0 Å². The first-order valence-corrected chi connectivity index (χ1v) is 8.33. The summed E-state index contributed by atoms with van der Waals surface area (Å²) in [6.45, 7) is 4.00. The summed E-state index contributed by atoms with van der Waals surface area (Å²) >= 11 is 3.04. The molecular weight excluding hydrogens is 335 g/mol. The molecule has 106 valence electrons. The minimum atomic E-state index is -3.56. The maximum Gasteiger partial charge on any atom is 0.243 e. The molecular formula is C12H16BrFN2O2S. The van der Waals surface area contributed by atoms with Crippen LogP contribution in [0.1, 0.15) is 12.0 Å². The highest BCUT2D eigenvalue weighted by Crippen LogP contribution is 2.26. The summed E-state index contributed by atoms with van der Waals surface area (Å²) < 4.78 is 40.2. The molecule has 19 heavy (non-hydrogen) atoms. The van der Waals surface area contributed by atoms with Gasteiger partial charge in [0.05, 0.1) is 9.37 Å². The van der Waals surface area contributed by atoms with E-state index < -0.39 is 15.8 Å². The number of benzene rings is 1. The average molecular weight is 351 g/mol. The molecule has 0 saturated carbocycles. The lowest BCUT2D eigenvalue weighted by Gasteiger charge is -2.21. The van der Waals surface area contributed by atoms with Gasteiger partial charge < -0.3 is 5.32 Å². The second-order valence-electron chi connectivity index (χ2n) is 4.54. The largest absolute Gasteiger partial charge is 0.315 e. The van der Waals surface area contributed by atoms with Crippen molar-refractivity contribution in [2.24, 2.45) is 0 Å². The summed E-state index contributed by atoms with van der Waals surface area (Å²) in [4.78, 5) is 0.169. The first-order valence-electron chi connectivity index (χ1n) is 6.09. The Morgan fingerprint density at radius 3 is 2.79 bits per heavy atom. The van der Waals surface area contributed by atoms with E-state index in [9.17, 15) is 12.8 Å². The van der Waals surface area contributed by atoms with Crippen LogP contribution >= 0.6 is 15.9 Å². The standard InChI is InChI=1S/C12H16BrFN2O2S/c1-9-7-11(14)10(13)8-12(9)19(17,18)16-5-2-3-15-4-6-16/h7-8,15H,2-6H2,1H3. The van der Waals surface area contributed by atoms with Crippen LogP contribution in [-0.4, -0.2) is 38.9 Å². The second kappa shape index (κ2) is 5.87. The van der Waals surface area contributed by atoms with E-state index >= 15 is 0 Å². The Morgan fingerprint density at radius 1 is 1.32 bits per heavy atom. The van der Waals surface area contributed by atoms with Crippen LogP contribution in [0.4, 0.5) is 4.39 Å². The van der Waals surface area contributed by atoms with Crippen molar-refractivity contribution in [2.45, 2.75) is 18.2 Å². The molecule has 0 radical (unpaired) electrons. The van der Waals surface area contributed by atoms with Crippen molar-refractivity contribution in [3.8, 4) is 0 Å². The highest BCUT2D eigenvalue weighted by Gasteiger charge is 2.27. The zero-order valence-corrected chi connectivity index (χ0v) is 13.0. The van der Waals surface area contributed by atoms with Crippen LogP contribution in [0.15, 0.2) is 21.5 Å². The summed E-state index contributed by atoms with van der Waals surface area (Å²) in [5.74, 6) is -0.450. The molecule has 1 aliphatic heterocycles. The molecule has 1 aliphatic rings. The van der Waals surface area contributed by atoms with Crippen LogP contribution in [0.3, 0.4) is 0 Å². The molecule has 1 aromatic rings. The fraction of sp³-hybridized carbons (Fsp3) is 0.500. The number of nitrogens with zero attached hydrogens (tertiary/aromatic N) is 1. The van der Waals surface area contributed by atoms with Crippen molar-refractivity contribution in [2.75, 3.05) is 26.2 Å². The van der Waals surface area contributed by atoms with E-state index in [1.807, 2.05) is 0 Å². The van der Waals surface area contributed by atoms with Gasteiger partial charge in [-0.05, 0) is 53.5 Å². The van der Waals surface area contributed by atoms with Crippen LogP contribution in [0.25, 0.3) is 0 Å². The molecule has 1 fully saturated rings. The van der Waals surface area contributed by atoms with Gasteiger partial charge >= 0.3 is 0 Å². The fourth-order valence-corrected chi connectivity index (χ4v) is 4.31. The maximum absolute atomic E-state index is 13.4. The number of hydrogen-bond donors (Lipinski definition) is 1. The fourth-order valence-electron chi connectivity index (χ4n) is 2.11. The third kappa shape index (κ3) is 3.16. The van der Waals surface area contributed by atoms with Gasteiger partial charge in [-0.1, -0.05) is 0 Å². The Hall–Kier alpha value is -0.500. The molecule has 2 rings (SSSR count). The number of aryl methyl sites for hydroxylation is 1. The molecule has 0 spiro atoms. The molecule has 7 heteroatoms. The van der Waals surface area contributed by atoms with Crippen LogP contribution < -0.4 is 5.32 Å². The van der Waals surface area contributed by atoms with Gasteiger partial charge in [0.2, 0.25) is 10.0 Å². The van der Waals surface area contributed by atoms with Crippen molar-refractivity contribution in [1.29, 1.82) is 0 Å². The lowest BCUT2D eigenvalue weighted by atomic mass is 10.2. The highest BCUT2D eigenvalue weighted by atomic mass is 79.9. The van der Waals surface area contributed by atoms with E-state index in [4.69, 9.17) is 0 Å². The topological polar surface area (TPSA) is 49.4 Å². The van der Waals surface area contributed by atoms with E-state index in [0.29, 0.717) is 25.2 Å². The molecule has 1 aromatic carbocycles. The third-order valence-electron chi connectivity index (χ3n) is 3.13. The average Bonchev–Trinajstić information content (AvgIpc) is 2.62. The number of rotatable bonds is 2. The van der Waals surface area contributed by atoms with E-state index in [0.717, 1.165) is 13.0 Å². The van der Waals surface area contributed by atoms with Crippen molar-refractivity contribution in [3.05, 3.63) is 28.0 Å². The molecule has 0 unspecified atom stereocenters. The lowest BCUT2D eigenvalue weighted by molar-refractivity contribution is 0.431. The van der Waals surface area contributed by atoms with Crippen molar-refractivity contribution in [1.82, 2.24) is 9.62 Å². The van der Waals surface area contributed by atoms with Gasteiger partial charge in [-0.2, -0.15) is 4.31 Å². The summed E-state index contributed by atoms with van der Waals surface area (Å²) in [6.07, 6.45) is 0.778. The second-order valence-corrected chi connectivity index (χ2v) is 7.30. The molecule has 0 amide bonds. The van der Waals surface area contributed by atoms with Gasteiger partial charge in [-0.25, -0.2) is 12.8 Å². The predicted octanol–water partition coefficient (Wildman–Crippen LogP) is 1.88. The molecule has 1 heterocycles. The van der Waals surface area contributed by atoms with E-state index in [-0.39, 0.29) is 9.37 Å². The molecule has 0 aromatic heterocycles. The zero-order valence-electron chi connectivity index (χ0n) is 10.6. The van der Waals surface area contributed by atoms with Crippen LogP contribution in [0, 0.1) is 12.7 Å². The summed E-state index contributed by atoms with van der Waals surface area (Å²) in [6, 6.07) is 2.59. The highest BCUT2D eigenvalue weighted by molar-refractivity contribution is 9.10. The molecule has 4 nitrogen and oxygen atoms in total. The quantitative estimate of drug-likeness (QED) is 0.885. The summed E-state index contributed by atoms with van der Waals surface area (Å²) in [7, 11) is -3.56. The Balaban J connectivity index is 2.41. The minimum absolute atomic E-state index is 0.169. The molecule has 0 aliphatic carbocycles. The summed E-state index contributed by atoms with van der Waals surface area (Å²) in [5, 5.41) is 3.16. The molecule has 0 atom stereocenters. The molecule has 0 bridgehead atoms. The van der Waals surface area contributed by atoms with Crippen molar-refractivity contribution >= 4 is 26.0 Å². The van der Waals surface area contributed by atoms with Crippen LogP contribution in [0.5, 0.6) is 0 Å². The van der Waals surface area contributed by atoms with Gasteiger partial charge in [-0.15, -0.1) is 0 Å². The van der Waals surface area contributed by atoms with Gasteiger partial charge in [0.15, 0.2) is 0 Å². The normalized spacial score (nSPS) is 18.3. The number of sulfonamides is 1. The predicted molar refractivity (Wildman–Crippen MR) is 75.1 cm³/mol. The van der Waals surface area contributed by atoms with Gasteiger partial charge in [0.25, 0.3) is 0 Å². The van der Waals surface area contributed by atoms with Crippen molar-refractivity contribution < 1.29 is 12.8 Å². The van der Waals surface area contributed by atoms with Gasteiger partial charge in [0, 0.05) is 19.6 Å². The minimum Gasteiger partial charge on any atom is -0.315 e. The Morgan fingerprint density at radius 2 is 2.05 bits per heavy atom. The Labute approximate surface area is 121 Å². The molecule has 1 saturated heterocycles. The first kappa shape index (κ1) is 14.9. The maximum atomic E-state index is 13.4. The van der Waals surface area contributed by atoms with Gasteiger partial charge in [-0.3, -0.25) is 0 Å². The Kier molecular flexibility index (Phi) is 4.60. The monoisotopic (exact) mass is 350 g/mol. The van der Waals surface area contributed by atoms with E-state index in [2.05, 4.69) is 21.2 Å². The van der Waals surface area contributed by atoms with Crippen LogP contribution in [0.2, 0.25) is 0 Å². The first-order chi connectivity index (χ1) is 8.93. The van der Waals surface area contributed by atoms with E-state index in [1.165, 1.54) is 16.4 Å². The molecule has 1 N–H and O–H groups in total. The third-order valence-corrected chi connectivity index (χ3v) is 5.78. The number of halogens is 2. The lowest BCUT2D eigenvalue weighted by Crippen LogP contribution is -2.34. The number of hydrogen-bond acceptors (Lipinski definition) is 3. The zero-order chi connectivity index (χ0) is 14.0. The number of nitrogens with one attached hydrogen (secondary N) is 1. The smallest absolute Gasteiger partial charge is 0.243 e. The summed E-state index contributed by atoms with van der Waals surface area (Å²) in [5.41, 5.74) is 0.429. The van der Waals surface area contributed by atoms with Gasteiger partial charge in [0.1, 0.15) is 5.82 Å².